The number of nitrogens with zero attached hydrogens (tertiary/aromatic N) is 2. The Hall–Kier alpha value is -3.77. The Morgan fingerprint density at radius 1 is 0.944 bits per heavy atom. The number of rotatable bonds is 4. The number of anilines is 1. The van der Waals surface area contributed by atoms with E-state index in [1.165, 1.54) is 4.90 Å². The summed E-state index contributed by atoms with van der Waals surface area (Å²) in [6.45, 7) is 0.176. The minimum Gasteiger partial charge on any atom is -0.388 e. The summed E-state index contributed by atoms with van der Waals surface area (Å²) in [7, 11) is 4.00. The van der Waals surface area contributed by atoms with Crippen LogP contribution in [0, 0.1) is 11.8 Å². The molecule has 6 heteroatoms. The van der Waals surface area contributed by atoms with Crippen LogP contribution in [-0.2, 0) is 22.6 Å². The number of benzene rings is 3. The van der Waals surface area contributed by atoms with E-state index in [-0.39, 0.29) is 24.1 Å². The average molecular weight is 481 g/mol. The molecule has 0 aromatic heterocycles. The lowest BCUT2D eigenvalue weighted by atomic mass is 9.83. The number of carbonyl (C=O) groups excluding carboxylic acids is 3. The number of hydrogen-bond donors (Lipinski definition) is 1. The fraction of sp³-hybridized carbons (Fsp3) is 0.300. The zero-order valence-corrected chi connectivity index (χ0v) is 20.4. The van der Waals surface area contributed by atoms with Gasteiger partial charge >= 0.3 is 0 Å². The largest absolute Gasteiger partial charge is 0.388 e. The lowest BCUT2D eigenvalue weighted by Gasteiger charge is -2.21. The van der Waals surface area contributed by atoms with Crippen molar-refractivity contribution in [2.75, 3.05) is 19.0 Å². The van der Waals surface area contributed by atoms with E-state index in [9.17, 15) is 19.5 Å². The highest BCUT2D eigenvalue weighted by molar-refractivity contribution is 6.14. The van der Waals surface area contributed by atoms with Gasteiger partial charge in [0.05, 0.1) is 24.5 Å². The molecule has 1 N–H and O–H groups in total. The molecule has 3 aliphatic rings. The average Bonchev–Trinajstić information content (AvgIpc) is 3.35. The van der Waals surface area contributed by atoms with E-state index < -0.39 is 17.9 Å². The van der Waals surface area contributed by atoms with Gasteiger partial charge in [-0.1, -0.05) is 48.6 Å². The topological polar surface area (TPSA) is 77.9 Å². The van der Waals surface area contributed by atoms with Gasteiger partial charge in [-0.25, -0.2) is 0 Å². The monoisotopic (exact) mass is 480 g/mol. The second kappa shape index (κ2) is 8.42. The van der Waals surface area contributed by atoms with Crippen molar-refractivity contribution in [1.29, 1.82) is 0 Å². The lowest BCUT2D eigenvalue weighted by Crippen LogP contribution is -2.33. The third-order valence-electron chi connectivity index (χ3n) is 7.87. The van der Waals surface area contributed by atoms with Gasteiger partial charge in [-0.3, -0.25) is 19.3 Å². The molecule has 0 radical (unpaired) electrons. The molecule has 0 spiro atoms. The molecule has 1 aliphatic heterocycles. The zero-order chi connectivity index (χ0) is 25.1. The van der Waals surface area contributed by atoms with Crippen LogP contribution in [0.5, 0.6) is 0 Å². The van der Waals surface area contributed by atoms with E-state index in [1.54, 1.807) is 12.2 Å². The second-order valence-electron chi connectivity index (χ2n) is 10.3. The number of likely N-dealkylation sites (tertiary alicyclic amines) is 1. The van der Waals surface area contributed by atoms with Crippen molar-refractivity contribution < 1.29 is 19.5 Å². The maximum Gasteiger partial charge on any atom is 0.236 e. The van der Waals surface area contributed by atoms with Crippen LogP contribution < -0.4 is 4.90 Å². The van der Waals surface area contributed by atoms with E-state index in [4.69, 9.17) is 0 Å². The number of hydrogen-bond acceptors (Lipinski definition) is 5. The van der Waals surface area contributed by atoms with Crippen molar-refractivity contribution in [1.82, 2.24) is 4.90 Å². The lowest BCUT2D eigenvalue weighted by molar-refractivity contribution is -0.141. The summed E-state index contributed by atoms with van der Waals surface area (Å²) in [5.74, 6) is -1.51. The van der Waals surface area contributed by atoms with E-state index in [0.717, 1.165) is 50.7 Å². The minimum atomic E-state index is -0.911. The molecule has 6 nitrogen and oxygen atoms in total. The molecule has 3 aromatic carbocycles. The summed E-state index contributed by atoms with van der Waals surface area (Å²) in [6, 6.07) is 16.3. The summed E-state index contributed by atoms with van der Waals surface area (Å²) in [5, 5.41) is 12.4. The van der Waals surface area contributed by atoms with Gasteiger partial charge in [0.15, 0.2) is 5.78 Å². The van der Waals surface area contributed by atoms with Crippen LogP contribution in [-0.4, -0.2) is 47.8 Å². The van der Waals surface area contributed by atoms with Crippen LogP contribution in [0.15, 0.2) is 60.7 Å². The Labute approximate surface area is 209 Å². The predicted octanol–water partition coefficient (Wildman–Crippen LogP) is 4.12. The molecule has 2 aliphatic carbocycles. The summed E-state index contributed by atoms with van der Waals surface area (Å²) in [4.78, 5) is 42.1. The van der Waals surface area contributed by atoms with Crippen molar-refractivity contribution >= 4 is 34.1 Å². The predicted molar refractivity (Wildman–Crippen MR) is 139 cm³/mol. The molecule has 1 heterocycles. The molecule has 1 saturated heterocycles. The summed E-state index contributed by atoms with van der Waals surface area (Å²) in [6.07, 6.45) is 4.24. The molecule has 3 atom stereocenters. The Morgan fingerprint density at radius 3 is 2.44 bits per heavy atom. The van der Waals surface area contributed by atoms with Crippen LogP contribution in [0.2, 0.25) is 0 Å². The maximum absolute atomic E-state index is 12.9. The maximum atomic E-state index is 12.9. The van der Waals surface area contributed by atoms with Gasteiger partial charge in [-0.2, -0.15) is 0 Å². The first-order chi connectivity index (χ1) is 17.3. The number of imide groups is 1. The number of aliphatic hydroxyl groups excluding tert-OH is 1. The number of allylic oxidation sites excluding steroid dienone is 1. The summed E-state index contributed by atoms with van der Waals surface area (Å²) in [5.41, 5.74) is 5.69. The SMILES string of the molecule is CN(C)c1ccc2cc3c(c(-c4ccc(CN5C(=O)C6CC=CC(O)C6C5=O)cc4)c2c1)C(=O)CC3. The van der Waals surface area contributed by atoms with E-state index in [1.807, 2.05) is 38.4 Å². The first-order valence-corrected chi connectivity index (χ1v) is 12.4. The second-order valence-corrected chi connectivity index (χ2v) is 10.3. The van der Waals surface area contributed by atoms with Gasteiger partial charge < -0.3 is 10.0 Å². The van der Waals surface area contributed by atoms with E-state index in [0.29, 0.717) is 12.8 Å². The Morgan fingerprint density at radius 2 is 1.72 bits per heavy atom. The molecule has 182 valence electrons. The highest BCUT2D eigenvalue weighted by Crippen LogP contribution is 2.41. The van der Waals surface area contributed by atoms with Crippen LogP contribution in [0.3, 0.4) is 0 Å². The summed E-state index contributed by atoms with van der Waals surface area (Å²) >= 11 is 0. The van der Waals surface area contributed by atoms with Crippen molar-refractivity contribution in [3.63, 3.8) is 0 Å². The van der Waals surface area contributed by atoms with Crippen LogP contribution >= 0.6 is 0 Å². The Kier molecular flexibility index (Phi) is 5.30. The third kappa shape index (κ3) is 3.47. The normalized spacial score (nSPS) is 22.9. The number of Topliss-reactive ketones (excluding diaryl/α,β-unsaturated/α-hetero) is 1. The van der Waals surface area contributed by atoms with Crippen molar-refractivity contribution in [2.45, 2.75) is 31.9 Å². The quantitative estimate of drug-likeness (QED) is 0.449. The first-order valence-electron chi connectivity index (χ1n) is 12.4. The molecule has 6 rings (SSSR count). The fourth-order valence-corrected chi connectivity index (χ4v) is 5.95. The molecule has 1 fully saturated rings. The van der Waals surface area contributed by atoms with Crippen LogP contribution in [0.4, 0.5) is 5.69 Å². The van der Waals surface area contributed by atoms with Gasteiger partial charge in [-0.15, -0.1) is 0 Å². The van der Waals surface area contributed by atoms with Crippen LogP contribution in [0.25, 0.3) is 21.9 Å². The summed E-state index contributed by atoms with van der Waals surface area (Å²) < 4.78 is 0. The van der Waals surface area contributed by atoms with E-state index >= 15 is 0 Å². The minimum absolute atomic E-state index is 0.171. The Balaban J connectivity index is 1.37. The molecular formula is C30H28N2O4. The Bertz CT molecular complexity index is 1450. The highest BCUT2D eigenvalue weighted by atomic mass is 16.3. The van der Waals surface area contributed by atoms with Crippen LogP contribution in [0.1, 0.15) is 34.3 Å². The number of carbonyl (C=O) groups is 3. The van der Waals surface area contributed by atoms with E-state index in [2.05, 4.69) is 29.2 Å². The number of ketones is 1. The van der Waals surface area contributed by atoms with Gasteiger partial charge in [-0.05, 0) is 52.4 Å². The van der Waals surface area contributed by atoms with Crippen molar-refractivity contribution in [2.24, 2.45) is 11.8 Å². The van der Waals surface area contributed by atoms with Gasteiger partial charge in [0.25, 0.3) is 0 Å². The van der Waals surface area contributed by atoms with Crippen molar-refractivity contribution in [3.8, 4) is 11.1 Å². The molecule has 2 amide bonds. The van der Waals surface area contributed by atoms with Crippen molar-refractivity contribution in [3.05, 3.63) is 77.4 Å². The highest BCUT2D eigenvalue weighted by Gasteiger charge is 2.50. The molecule has 3 unspecified atom stereocenters. The number of fused-ring (bicyclic) bond motifs is 3. The number of amides is 2. The first kappa shape index (κ1) is 22.7. The molecule has 0 saturated carbocycles. The van der Waals surface area contributed by atoms with Gasteiger partial charge in [0, 0.05) is 37.3 Å². The molecule has 36 heavy (non-hydrogen) atoms. The molecular weight excluding hydrogens is 452 g/mol. The fourth-order valence-electron chi connectivity index (χ4n) is 5.95. The standard InChI is InChI=1S/C30H28N2O4/c1-31(2)21-12-10-19-14-20-11-13-25(34)27(20)26(23(19)15-21)18-8-6-17(7-9-18)16-32-29(35)22-4-3-5-24(33)28(22)30(32)36/h3,5-10,12,14-15,22,24,28,33H,4,11,13,16H2,1-2H3. The third-order valence-corrected chi connectivity index (χ3v) is 7.87. The molecule has 0 bridgehead atoms. The van der Waals surface area contributed by atoms with Gasteiger partial charge in [0.2, 0.25) is 11.8 Å². The number of aryl methyl sites for hydroxylation is 1. The smallest absolute Gasteiger partial charge is 0.236 e. The molecule has 3 aromatic rings. The number of aliphatic hydroxyl groups is 1. The zero-order valence-electron chi connectivity index (χ0n) is 20.4. The van der Waals surface area contributed by atoms with Gasteiger partial charge in [0.1, 0.15) is 0 Å².